The zero-order chi connectivity index (χ0) is 15.7. The molecular formula is C16H28N4O. The molecule has 0 fully saturated rings. The van der Waals surface area contributed by atoms with Gasteiger partial charge in [0.2, 0.25) is 0 Å². The van der Waals surface area contributed by atoms with Crippen LogP contribution in [0.25, 0.3) is 0 Å². The van der Waals surface area contributed by atoms with Gasteiger partial charge in [0.25, 0.3) is 5.91 Å². The molecule has 1 aromatic heterocycles. The van der Waals surface area contributed by atoms with Crippen molar-refractivity contribution in [3.63, 3.8) is 0 Å². The number of rotatable bonds is 9. The third-order valence-electron chi connectivity index (χ3n) is 3.29. The van der Waals surface area contributed by atoms with Crippen LogP contribution in [0.4, 0.5) is 5.82 Å². The fourth-order valence-electron chi connectivity index (χ4n) is 1.95. The van der Waals surface area contributed by atoms with Crippen molar-refractivity contribution in [3.8, 4) is 0 Å². The molecule has 21 heavy (non-hydrogen) atoms. The van der Waals surface area contributed by atoms with E-state index in [0.717, 1.165) is 44.7 Å². The second kappa shape index (κ2) is 9.34. The highest BCUT2D eigenvalue weighted by Gasteiger charge is 2.11. The maximum atomic E-state index is 12.2. The fraction of sp³-hybridized carbons (Fsp3) is 0.625. The van der Waals surface area contributed by atoms with Crippen LogP contribution in [0.5, 0.6) is 0 Å². The lowest BCUT2D eigenvalue weighted by Crippen LogP contribution is -2.27. The second-order valence-corrected chi connectivity index (χ2v) is 5.60. The lowest BCUT2D eigenvalue weighted by Gasteiger charge is -2.16. The molecule has 0 saturated heterocycles. The lowest BCUT2D eigenvalue weighted by molar-refractivity contribution is 0.0793. The summed E-state index contributed by atoms with van der Waals surface area (Å²) in [5, 5.41) is 3.27. The fourth-order valence-corrected chi connectivity index (χ4v) is 1.95. The van der Waals surface area contributed by atoms with Gasteiger partial charge in [0, 0.05) is 26.3 Å². The van der Waals surface area contributed by atoms with Gasteiger partial charge in [0.15, 0.2) is 0 Å². The first kappa shape index (κ1) is 17.4. The Bertz CT molecular complexity index is 417. The van der Waals surface area contributed by atoms with E-state index < -0.39 is 0 Å². The van der Waals surface area contributed by atoms with E-state index in [1.54, 1.807) is 11.1 Å². The first-order valence-corrected chi connectivity index (χ1v) is 7.64. The number of hydrogen-bond acceptors (Lipinski definition) is 4. The molecule has 0 aliphatic rings. The summed E-state index contributed by atoms with van der Waals surface area (Å²) < 4.78 is 0. The van der Waals surface area contributed by atoms with Crippen molar-refractivity contribution < 1.29 is 4.79 Å². The Balaban J connectivity index is 2.44. The third kappa shape index (κ3) is 6.58. The molecule has 0 saturated carbocycles. The van der Waals surface area contributed by atoms with Gasteiger partial charge in [0.1, 0.15) is 5.82 Å². The summed E-state index contributed by atoms with van der Waals surface area (Å²) in [6, 6.07) is 3.71. The monoisotopic (exact) mass is 292 g/mol. The van der Waals surface area contributed by atoms with Crippen LogP contribution >= 0.6 is 0 Å². The van der Waals surface area contributed by atoms with E-state index in [1.165, 1.54) is 0 Å². The molecule has 0 bridgehead atoms. The van der Waals surface area contributed by atoms with Crippen LogP contribution in [-0.2, 0) is 0 Å². The summed E-state index contributed by atoms with van der Waals surface area (Å²) in [6.45, 7) is 4.84. The number of carbonyl (C=O) groups is 1. The first-order chi connectivity index (χ1) is 10.0. The minimum atomic E-state index is 0.0371. The number of aromatic nitrogens is 1. The van der Waals surface area contributed by atoms with E-state index in [9.17, 15) is 4.79 Å². The van der Waals surface area contributed by atoms with Gasteiger partial charge in [-0.25, -0.2) is 4.98 Å². The van der Waals surface area contributed by atoms with E-state index >= 15 is 0 Å². The van der Waals surface area contributed by atoms with E-state index in [-0.39, 0.29) is 5.91 Å². The van der Waals surface area contributed by atoms with Crippen molar-refractivity contribution >= 4 is 11.7 Å². The van der Waals surface area contributed by atoms with Gasteiger partial charge in [-0.3, -0.25) is 4.79 Å². The average molecular weight is 292 g/mol. The Morgan fingerprint density at radius 1 is 1.19 bits per heavy atom. The standard InChI is InChI=1S/C16H28N4O/c1-5-6-12-20(4)16(21)14-8-9-15(18-13-14)17-10-7-11-19(2)3/h8-9,13H,5-7,10-12H2,1-4H3,(H,17,18). The third-order valence-corrected chi connectivity index (χ3v) is 3.29. The van der Waals surface area contributed by atoms with Gasteiger partial charge in [-0.1, -0.05) is 13.3 Å². The van der Waals surface area contributed by atoms with Gasteiger partial charge in [-0.15, -0.1) is 0 Å². The highest BCUT2D eigenvalue weighted by atomic mass is 16.2. The predicted molar refractivity (Wildman–Crippen MR) is 87.8 cm³/mol. The molecule has 0 aliphatic heterocycles. The van der Waals surface area contributed by atoms with Crippen LogP contribution in [0.2, 0.25) is 0 Å². The molecule has 1 aromatic rings. The van der Waals surface area contributed by atoms with Crippen molar-refractivity contribution in [1.82, 2.24) is 14.8 Å². The number of pyridine rings is 1. The molecule has 118 valence electrons. The van der Waals surface area contributed by atoms with Crippen LogP contribution in [0.15, 0.2) is 18.3 Å². The van der Waals surface area contributed by atoms with E-state index in [1.807, 2.05) is 19.2 Å². The number of nitrogens with one attached hydrogen (secondary N) is 1. The van der Waals surface area contributed by atoms with Crippen LogP contribution < -0.4 is 5.32 Å². The molecular weight excluding hydrogens is 264 g/mol. The van der Waals surface area contributed by atoms with Crippen LogP contribution in [0.1, 0.15) is 36.5 Å². The highest BCUT2D eigenvalue weighted by molar-refractivity contribution is 5.93. The van der Waals surface area contributed by atoms with Crippen molar-refractivity contribution in [2.75, 3.05) is 46.1 Å². The van der Waals surface area contributed by atoms with Crippen molar-refractivity contribution in [2.45, 2.75) is 26.2 Å². The largest absolute Gasteiger partial charge is 0.370 e. The summed E-state index contributed by atoms with van der Waals surface area (Å²) in [5.41, 5.74) is 0.646. The second-order valence-electron chi connectivity index (χ2n) is 5.60. The topological polar surface area (TPSA) is 48.5 Å². The quantitative estimate of drug-likeness (QED) is 0.710. The highest BCUT2D eigenvalue weighted by Crippen LogP contribution is 2.08. The van der Waals surface area contributed by atoms with Gasteiger partial charge in [0.05, 0.1) is 5.56 Å². The maximum Gasteiger partial charge on any atom is 0.255 e. The number of carbonyl (C=O) groups excluding carboxylic acids is 1. The molecule has 1 heterocycles. The Labute approximate surface area is 128 Å². The van der Waals surface area contributed by atoms with Crippen molar-refractivity contribution in [2.24, 2.45) is 0 Å². The predicted octanol–water partition coefficient (Wildman–Crippen LogP) is 2.32. The number of hydrogen-bond donors (Lipinski definition) is 1. The summed E-state index contributed by atoms with van der Waals surface area (Å²) in [7, 11) is 5.97. The molecule has 0 aromatic carbocycles. The summed E-state index contributed by atoms with van der Waals surface area (Å²) >= 11 is 0. The molecule has 0 aliphatic carbocycles. The zero-order valence-corrected chi connectivity index (χ0v) is 13.7. The van der Waals surface area contributed by atoms with Crippen molar-refractivity contribution in [1.29, 1.82) is 0 Å². The van der Waals surface area contributed by atoms with Gasteiger partial charge < -0.3 is 15.1 Å². The maximum absolute atomic E-state index is 12.2. The molecule has 5 heteroatoms. The number of unbranched alkanes of at least 4 members (excludes halogenated alkanes) is 1. The number of anilines is 1. The SMILES string of the molecule is CCCCN(C)C(=O)c1ccc(NCCCN(C)C)nc1. The molecule has 1 rings (SSSR count). The Morgan fingerprint density at radius 2 is 1.95 bits per heavy atom. The molecule has 5 nitrogen and oxygen atoms in total. The van der Waals surface area contributed by atoms with Crippen LogP contribution in [-0.4, -0.2) is 61.5 Å². The molecule has 0 unspecified atom stereocenters. The van der Waals surface area contributed by atoms with E-state index in [4.69, 9.17) is 0 Å². The minimum absolute atomic E-state index is 0.0371. The zero-order valence-electron chi connectivity index (χ0n) is 13.7. The average Bonchev–Trinajstić information content (AvgIpc) is 2.49. The number of nitrogens with zero attached hydrogens (tertiary/aromatic N) is 3. The smallest absolute Gasteiger partial charge is 0.255 e. The van der Waals surface area contributed by atoms with E-state index in [2.05, 4.69) is 36.2 Å². The van der Waals surface area contributed by atoms with Crippen LogP contribution in [0, 0.1) is 0 Å². The van der Waals surface area contributed by atoms with Crippen molar-refractivity contribution in [3.05, 3.63) is 23.9 Å². The summed E-state index contributed by atoms with van der Waals surface area (Å²) in [6.07, 6.45) is 4.83. The van der Waals surface area contributed by atoms with Gasteiger partial charge in [-0.05, 0) is 45.6 Å². The molecule has 1 N–H and O–H groups in total. The Kier molecular flexibility index (Phi) is 7.75. The van der Waals surface area contributed by atoms with Gasteiger partial charge >= 0.3 is 0 Å². The minimum Gasteiger partial charge on any atom is -0.370 e. The summed E-state index contributed by atoms with van der Waals surface area (Å²) in [4.78, 5) is 20.4. The van der Waals surface area contributed by atoms with Gasteiger partial charge in [-0.2, -0.15) is 0 Å². The molecule has 0 atom stereocenters. The molecule has 0 radical (unpaired) electrons. The van der Waals surface area contributed by atoms with E-state index in [0.29, 0.717) is 5.56 Å². The molecule has 0 spiro atoms. The molecule has 1 amide bonds. The Morgan fingerprint density at radius 3 is 2.52 bits per heavy atom. The first-order valence-electron chi connectivity index (χ1n) is 7.64. The normalized spacial score (nSPS) is 10.7. The number of amides is 1. The van der Waals surface area contributed by atoms with Crippen LogP contribution in [0.3, 0.4) is 0 Å². The lowest BCUT2D eigenvalue weighted by atomic mass is 10.2. The Hall–Kier alpha value is -1.62. The summed E-state index contributed by atoms with van der Waals surface area (Å²) in [5.74, 6) is 0.858.